The van der Waals surface area contributed by atoms with Gasteiger partial charge < -0.3 is 10.6 Å². The molecule has 0 bridgehead atoms. The molecular weight excluding hydrogens is 318 g/mol. The second-order valence-electron chi connectivity index (χ2n) is 5.89. The zero-order chi connectivity index (χ0) is 15.8. The van der Waals surface area contributed by atoms with Crippen LogP contribution in [0.15, 0.2) is 36.5 Å². The van der Waals surface area contributed by atoms with Crippen molar-refractivity contribution in [3.63, 3.8) is 0 Å². The lowest BCUT2D eigenvalue weighted by molar-refractivity contribution is 0.474. The van der Waals surface area contributed by atoms with Crippen molar-refractivity contribution in [3.8, 4) is 0 Å². The highest BCUT2D eigenvalue weighted by Crippen LogP contribution is 2.23. The van der Waals surface area contributed by atoms with E-state index in [2.05, 4.69) is 15.6 Å². The first-order valence-electron chi connectivity index (χ1n) is 7.00. The number of sulfone groups is 1. The van der Waals surface area contributed by atoms with E-state index < -0.39 is 15.4 Å². The Bertz CT molecular complexity index is 836. The van der Waals surface area contributed by atoms with Gasteiger partial charge in [0.15, 0.2) is 14.9 Å². The first-order chi connectivity index (χ1) is 10.4. The molecule has 0 amide bonds. The van der Waals surface area contributed by atoms with Gasteiger partial charge in [-0.15, -0.1) is 0 Å². The molecule has 1 aromatic heterocycles. The maximum atomic E-state index is 11.6. The molecule has 0 saturated carbocycles. The van der Waals surface area contributed by atoms with Crippen LogP contribution in [0, 0.1) is 0 Å². The highest BCUT2D eigenvalue weighted by atomic mass is 32.2. The average molecular weight is 335 g/mol. The standard InChI is InChI=1S/C15H17N3O2S2/c1-15(6-8-22(19,20)10-15)18-14(21)17-12-4-5-13-11(9-12)3-2-7-16-13/h2-5,7,9H,6,8,10H2,1H3,(H2,17,18,21)/t15-/m0/s1. The van der Waals surface area contributed by atoms with Crippen molar-refractivity contribution in [2.45, 2.75) is 18.9 Å². The van der Waals surface area contributed by atoms with Crippen LogP contribution in [-0.4, -0.2) is 35.6 Å². The van der Waals surface area contributed by atoms with Crippen LogP contribution >= 0.6 is 12.2 Å². The molecule has 116 valence electrons. The number of hydrogen-bond acceptors (Lipinski definition) is 4. The SMILES string of the molecule is C[C@]1(NC(=S)Nc2ccc3ncccc3c2)CCS(=O)(=O)C1. The summed E-state index contributed by atoms with van der Waals surface area (Å²) in [7, 11) is -2.96. The van der Waals surface area contributed by atoms with Crippen LogP contribution in [0.3, 0.4) is 0 Å². The van der Waals surface area contributed by atoms with E-state index in [9.17, 15) is 8.42 Å². The van der Waals surface area contributed by atoms with Crippen molar-refractivity contribution in [2.24, 2.45) is 0 Å². The zero-order valence-corrected chi connectivity index (χ0v) is 13.8. The number of benzene rings is 1. The summed E-state index contributed by atoms with van der Waals surface area (Å²) >= 11 is 5.31. The molecule has 0 radical (unpaired) electrons. The van der Waals surface area contributed by atoms with Crippen molar-refractivity contribution in [2.75, 3.05) is 16.8 Å². The minimum atomic E-state index is -2.96. The molecule has 2 heterocycles. The Balaban J connectivity index is 1.71. The summed E-state index contributed by atoms with van der Waals surface area (Å²) in [5.41, 5.74) is 1.27. The number of nitrogens with zero attached hydrogens (tertiary/aromatic N) is 1. The topological polar surface area (TPSA) is 71.1 Å². The Kier molecular flexibility index (Phi) is 3.78. The monoisotopic (exact) mass is 335 g/mol. The summed E-state index contributed by atoms with van der Waals surface area (Å²) in [4.78, 5) is 4.27. The molecular formula is C15H17N3O2S2. The lowest BCUT2D eigenvalue weighted by atomic mass is 10.0. The van der Waals surface area contributed by atoms with E-state index in [1.807, 2.05) is 37.3 Å². The number of fused-ring (bicyclic) bond motifs is 1. The van der Waals surface area contributed by atoms with Gasteiger partial charge in [-0.2, -0.15) is 0 Å². The maximum Gasteiger partial charge on any atom is 0.171 e. The molecule has 5 nitrogen and oxygen atoms in total. The molecule has 2 N–H and O–H groups in total. The highest BCUT2D eigenvalue weighted by Gasteiger charge is 2.38. The molecule has 1 aromatic carbocycles. The first-order valence-corrected chi connectivity index (χ1v) is 9.23. The summed E-state index contributed by atoms with van der Waals surface area (Å²) in [6.45, 7) is 1.88. The van der Waals surface area contributed by atoms with Crippen LogP contribution in [0.4, 0.5) is 5.69 Å². The summed E-state index contributed by atoms with van der Waals surface area (Å²) in [6.07, 6.45) is 2.32. The van der Waals surface area contributed by atoms with Crippen molar-refractivity contribution >= 4 is 43.8 Å². The predicted octanol–water partition coefficient (Wildman–Crippen LogP) is 2.10. The molecule has 7 heteroatoms. The van der Waals surface area contributed by atoms with E-state index in [0.717, 1.165) is 16.6 Å². The smallest absolute Gasteiger partial charge is 0.171 e. The summed E-state index contributed by atoms with van der Waals surface area (Å²) < 4.78 is 23.2. The zero-order valence-electron chi connectivity index (χ0n) is 12.2. The molecule has 1 atom stereocenters. The number of anilines is 1. The normalized spacial score (nSPS) is 23.3. The molecule has 1 saturated heterocycles. The Morgan fingerprint density at radius 3 is 2.91 bits per heavy atom. The maximum absolute atomic E-state index is 11.6. The van der Waals surface area contributed by atoms with Gasteiger partial charge in [0.1, 0.15) is 0 Å². The average Bonchev–Trinajstić information content (AvgIpc) is 2.72. The molecule has 0 spiro atoms. The van der Waals surface area contributed by atoms with E-state index in [-0.39, 0.29) is 11.5 Å². The number of pyridine rings is 1. The van der Waals surface area contributed by atoms with Gasteiger partial charge in [0.05, 0.1) is 22.6 Å². The third-order valence-electron chi connectivity index (χ3n) is 3.78. The van der Waals surface area contributed by atoms with Crippen LogP contribution in [0.25, 0.3) is 10.9 Å². The van der Waals surface area contributed by atoms with Gasteiger partial charge in [-0.25, -0.2) is 8.42 Å². The van der Waals surface area contributed by atoms with E-state index in [0.29, 0.717) is 11.5 Å². The number of nitrogens with one attached hydrogen (secondary N) is 2. The van der Waals surface area contributed by atoms with Crippen molar-refractivity contribution < 1.29 is 8.42 Å². The summed E-state index contributed by atoms with van der Waals surface area (Å²) in [5.74, 6) is 0.324. The van der Waals surface area contributed by atoms with Crippen molar-refractivity contribution in [1.82, 2.24) is 10.3 Å². The lowest BCUT2D eigenvalue weighted by Crippen LogP contribution is -2.48. The van der Waals surface area contributed by atoms with Gasteiger partial charge in [0.2, 0.25) is 0 Å². The molecule has 1 fully saturated rings. The van der Waals surface area contributed by atoms with Crippen LogP contribution < -0.4 is 10.6 Å². The second kappa shape index (κ2) is 5.48. The van der Waals surface area contributed by atoms with E-state index in [4.69, 9.17) is 12.2 Å². The molecule has 1 aliphatic heterocycles. The van der Waals surface area contributed by atoms with E-state index >= 15 is 0 Å². The lowest BCUT2D eigenvalue weighted by Gasteiger charge is -2.26. The number of thiocarbonyl (C=S) groups is 1. The van der Waals surface area contributed by atoms with Crippen molar-refractivity contribution in [1.29, 1.82) is 0 Å². The third kappa shape index (κ3) is 3.36. The Morgan fingerprint density at radius 1 is 1.36 bits per heavy atom. The van der Waals surface area contributed by atoms with Crippen LogP contribution in [0.1, 0.15) is 13.3 Å². The molecule has 0 aliphatic carbocycles. The summed E-state index contributed by atoms with van der Waals surface area (Å²) in [6, 6.07) is 9.64. The summed E-state index contributed by atoms with van der Waals surface area (Å²) in [5, 5.41) is 7.70. The molecule has 1 aliphatic rings. The Hall–Kier alpha value is -1.73. The third-order valence-corrected chi connectivity index (χ3v) is 5.89. The Labute approximate surface area is 135 Å². The van der Waals surface area contributed by atoms with Crippen LogP contribution in [0.2, 0.25) is 0 Å². The van der Waals surface area contributed by atoms with Gasteiger partial charge in [0, 0.05) is 17.3 Å². The fourth-order valence-corrected chi connectivity index (χ4v) is 5.16. The van der Waals surface area contributed by atoms with Crippen molar-refractivity contribution in [3.05, 3.63) is 36.5 Å². The quantitative estimate of drug-likeness (QED) is 0.819. The predicted molar refractivity (Wildman–Crippen MR) is 92.8 cm³/mol. The highest BCUT2D eigenvalue weighted by molar-refractivity contribution is 7.91. The number of aromatic nitrogens is 1. The van der Waals surface area contributed by atoms with Gasteiger partial charge >= 0.3 is 0 Å². The molecule has 3 rings (SSSR count). The van der Waals surface area contributed by atoms with E-state index in [1.54, 1.807) is 6.20 Å². The molecule has 2 aromatic rings. The largest absolute Gasteiger partial charge is 0.356 e. The minimum absolute atomic E-state index is 0.115. The van der Waals surface area contributed by atoms with E-state index in [1.165, 1.54) is 0 Å². The van der Waals surface area contributed by atoms with Crippen LogP contribution in [0.5, 0.6) is 0 Å². The van der Waals surface area contributed by atoms with Gasteiger partial charge in [0.25, 0.3) is 0 Å². The number of hydrogen-bond donors (Lipinski definition) is 2. The Morgan fingerprint density at radius 2 is 2.18 bits per heavy atom. The minimum Gasteiger partial charge on any atom is -0.356 e. The second-order valence-corrected chi connectivity index (χ2v) is 8.49. The fourth-order valence-electron chi connectivity index (χ4n) is 2.70. The van der Waals surface area contributed by atoms with Gasteiger partial charge in [-0.05, 0) is 49.8 Å². The fraction of sp³-hybridized carbons (Fsp3) is 0.333. The van der Waals surface area contributed by atoms with Gasteiger partial charge in [-0.3, -0.25) is 4.98 Å². The van der Waals surface area contributed by atoms with Crippen LogP contribution in [-0.2, 0) is 9.84 Å². The molecule has 22 heavy (non-hydrogen) atoms. The molecule has 0 unspecified atom stereocenters. The van der Waals surface area contributed by atoms with Gasteiger partial charge in [-0.1, -0.05) is 6.07 Å². The number of rotatable bonds is 2. The first kappa shape index (κ1) is 15.2.